The van der Waals surface area contributed by atoms with E-state index in [1.54, 1.807) is 6.07 Å². The molecule has 0 unspecified atom stereocenters. The van der Waals surface area contributed by atoms with Gasteiger partial charge in [0.2, 0.25) is 6.79 Å². The number of nitrogens with two attached hydrogens (primary N) is 1. The molecule has 5 heteroatoms. The van der Waals surface area contributed by atoms with Gasteiger partial charge in [0.1, 0.15) is 5.82 Å². The highest BCUT2D eigenvalue weighted by atomic mass is 16.7. The Bertz CT molecular complexity index is 548. The lowest BCUT2D eigenvalue weighted by Crippen LogP contribution is -1.93. The van der Waals surface area contributed by atoms with Gasteiger partial charge in [0, 0.05) is 11.6 Å². The molecule has 0 fully saturated rings. The first-order valence-corrected chi connectivity index (χ1v) is 4.95. The van der Waals surface area contributed by atoms with E-state index in [-0.39, 0.29) is 6.79 Å². The lowest BCUT2D eigenvalue weighted by Gasteiger charge is -2.03. The quantitative estimate of drug-likeness (QED) is 0.762. The van der Waals surface area contributed by atoms with Crippen LogP contribution in [0, 0.1) is 6.92 Å². The third-order valence-corrected chi connectivity index (χ3v) is 2.57. The molecular formula is C11H11N3O2. The molecule has 0 amide bonds. The maximum atomic E-state index is 5.57. The van der Waals surface area contributed by atoms with Crippen LogP contribution in [0.1, 0.15) is 5.56 Å². The van der Waals surface area contributed by atoms with Crippen molar-refractivity contribution in [3.05, 3.63) is 23.8 Å². The van der Waals surface area contributed by atoms with Crippen LogP contribution in [-0.2, 0) is 0 Å². The van der Waals surface area contributed by atoms with Gasteiger partial charge < -0.3 is 15.2 Å². The van der Waals surface area contributed by atoms with E-state index >= 15 is 0 Å². The summed E-state index contributed by atoms with van der Waals surface area (Å²) in [6, 6.07) is 5.72. The fourth-order valence-electron chi connectivity index (χ4n) is 1.83. The molecule has 1 aromatic carbocycles. The summed E-state index contributed by atoms with van der Waals surface area (Å²) in [5.74, 6) is 2.06. The second-order valence-corrected chi connectivity index (χ2v) is 3.73. The number of nitrogens with zero attached hydrogens (tertiary/aromatic N) is 1. The number of aryl methyl sites for hydroxylation is 1. The molecule has 0 spiro atoms. The fourth-order valence-corrected chi connectivity index (χ4v) is 1.83. The van der Waals surface area contributed by atoms with Gasteiger partial charge in [-0.05, 0) is 24.6 Å². The Morgan fingerprint density at radius 2 is 2.19 bits per heavy atom. The summed E-state index contributed by atoms with van der Waals surface area (Å²) < 4.78 is 10.7. The lowest BCUT2D eigenvalue weighted by molar-refractivity contribution is 0.173. The van der Waals surface area contributed by atoms with Crippen molar-refractivity contribution in [2.45, 2.75) is 6.92 Å². The number of aromatic nitrogens is 2. The molecule has 2 heterocycles. The topological polar surface area (TPSA) is 73.2 Å². The summed E-state index contributed by atoms with van der Waals surface area (Å²) in [5.41, 5.74) is 8.47. The number of nitrogen functional groups attached to an aromatic ring is 1. The summed E-state index contributed by atoms with van der Waals surface area (Å²) in [4.78, 5) is 0. The third-order valence-electron chi connectivity index (χ3n) is 2.57. The first kappa shape index (κ1) is 9.08. The zero-order valence-corrected chi connectivity index (χ0v) is 8.78. The molecule has 2 aromatic rings. The molecule has 1 aliphatic heterocycles. The molecule has 3 N–H and O–H groups in total. The maximum Gasteiger partial charge on any atom is 0.231 e. The number of H-pyrrole nitrogens is 1. The standard InChI is InChI=1S/C11H11N3O2/c1-6-2-7(8-4-10(12)14-13-8)3-9-11(6)16-5-15-9/h2-4H,5H2,1H3,(H3,12,13,14). The maximum absolute atomic E-state index is 5.57. The summed E-state index contributed by atoms with van der Waals surface area (Å²) >= 11 is 0. The summed E-state index contributed by atoms with van der Waals surface area (Å²) in [7, 11) is 0. The molecular weight excluding hydrogens is 206 g/mol. The Kier molecular flexibility index (Phi) is 1.80. The molecule has 1 aliphatic rings. The number of rotatable bonds is 1. The van der Waals surface area contributed by atoms with Crippen LogP contribution in [0.15, 0.2) is 18.2 Å². The summed E-state index contributed by atoms with van der Waals surface area (Å²) in [6.07, 6.45) is 0. The number of nitrogens with one attached hydrogen (secondary N) is 1. The van der Waals surface area contributed by atoms with Crippen LogP contribution in [0.3, 0.4) is 0 Å². The molecule has 82 valence electrons. The molecule has 1 aromatic heterocycles. The lowest BCUT2D eigenvalue weighted by atomic mass is 10.1. The smallest absolute Gasteiger partial charge is 0.231 e. The highest BCUT2D eigenvalue weighted by molar-refractivity contribution is 5.68. The first-order valence-electron chi connectivity index (χ1n) is 4.95. The van der Waals surface area contributed by atoms with Gasteiger partial charge in [-0.25, -0.2) is 0 Å². The molecule has 0 atom stereocenters. The largest absolute Gasteiger partial charge is 0.454 e. The normalized spacial score (nSPS) is 13.1. The van der Waals surface area contributed by atoms with Gasteiger partial charge in [0.15, 0.2) is 11.5 Å². The van der Waals surface area contributed by atoms with Crippen LogP contribution in [0.4, 0.5) is 5.82 Å². The minimum atomic E-state index is 0.282. The van der Waals surface area contributed by atoms with Gasteiger partial charge in [0.25, 0.3) is 0 Å². The second-order valence-electron chi connectivity index (χ2n) is 3.73. The average molecular weight is 217 g/mol. The first-order chi connectivity index (χ1) is 7.74. The van der Waals surface area contributed by atoms with E-state index in [2.05, 4.69) is 10.2 Å². The zero-order valence-electron chi connectivity index (χ0n) is 8.78. The van der Waals surface area contributed by atoms with Crippen LogP contribution in [0.25, 0.3) is 11.3 Å². The van der Waals surface area contributed by atoms with Gasteiger partial charge in [0.05, 0.1) is 5.69 Å². The van der Waals surface area contributed by atoms with Crippen molar-refractivity contribution in [2.24, 2.45) is 0 Å². The van der Waals surface area contributed by atoms with Crippen molar-refractivity contribution in [2.75, 3.05) is 12.5 Å². The van der Waals surface area contributed by atoms with Crippen molar-refractivity contribution >= 4 is 5.82 Å². The zero-order chi connectivity index (χ0) is 11.1. The minimum Gasteiger partial charge on any atom is -0.454 e. The molecule has 0 saturated heterocycles. The van der Waals surface area contributed by atoms with E-state index in [1.807, 2.05) is 19.1 Å². The Morgan fingerprint density at radius 3 is 2.94 bits per heavy atom. The SMILES string of the molecule is Cc1cc(-c2cc(N)n[nH]2)cc2c1OCO2. The fraction of sp³-hybridized carbons (Fsp3) is 0.182. The molecule has 0 bridgehead atoms. The van der Waals surface area contributed by atoms with E-state index in [4.69, 9.17) is 15.2 Å². The highest BCUT2D eigenvalue weighted by Gasteiger charge is 2.17. The van der Waals surface area contributed by atoms with Crippen LogP contribution in [0.2, 0.25) is 0 Å². The highest BCUT2D eigenvalue weighted by Crippen LogP contribution is 2.38. The number of anilines is 1. The monoisotopic (exact) mass is 217 g/mol. The Morgan fingerprint density at radius 1 is 1.31 bits per heavy atom. The van der Waals surface area contributed by atoms with E-state index < -0.39 is 0 Å². The second kappa shape index (κ2) is 3.16. The number of hydrogen-bond donors (Lipinski definition) is 2. The summed E-state index contributed by atoms with van der Waals surface area (Å²) in [5, 5.41) is 6.77. The van der Waals surface area contributed by atoms with E-state index in [0.29, 0.717) is 5.82 Å². The van der Waals surface area contributed by atoms with Crippen molar-refractivity contribution in [3.63, 3.8) is 0 Å². The third kappa shape index (κ3) is 1.29. The van der Waals surface area contributed by atoms with E-state index in [1.165, 1.54) is 0 Å². The predicted octanol–water partition coefficient (Wildman–Crippen LogP) is 1.70. The van der Waals surface area contributed by atoms with Crippen LogP contribution >= 0.6 is 0 Å². The van der Waals surface area contributed by atoms with Crippen LogP contribution in [0.5, 0.6) is 11.5 Å². The van der Waals surface area contributed by atoms with Gasteiger partial charge in [-0.1, -0.05) is 0 Å². The Hall–Kier alpha value is -2.17. The van der Waals surface area contributed by atoms with Gasteiger partial charge in [-0.3, -0.25) is 5.10 Å². The van der Waals surface area contributed by atoms with Gasteiger partial charge in [-0.2, -0.15) is 5.10 Å². The van der Waals surface area contributed by atoms with Crippen molar-refractivity contribution in [1.29, 1.82) is 0 Å². The number of ether oxygens (including phenoxy) is 2. The Labute approximate surface area is 92.2 Å². The van der Waals surface area contributed by atoms with E-state index in [0.717, 1.165) is 28.3 Å². The van der Waals surface area contributed by atoms with Gasteiger partial charge >= 0.3 is 0 Å². The van der Waals surface area contributed by atoms with Gasteiger partial charge in [-0.15, -0.1) is 0 Å². The molecule has 3 rings (SSSR count). The van der Waals surface area contributed by atoms with Crippen LogP contribution in [-0.4, -0.2) is 17.0 Å². The molecule has 16 heavy (non-hydrogen) atoms. The number of fused-ring (bicyclic) bond motifs is 1. The number of benzene rings is 1. The predicted molar refractivity (Wildman–Crippen MR) is 59.3 cm³/mol. The summed E-state index contributed by atoms with van der Waals surface area (Å²) in [6.45, 7) is 2.27. The van der Waals surface area contributed by atoms with Crippen LogP contribution < -0.4 is 15.2 Å². The minimum absolute atomic E-state index is 0.282. The number of aromatic amines is 1. The van der Waals surface area contributed by atoms with Crippen molar-refractivity contribution < 1.29 is 9.47 Å². The number of hydrogen-bond acceptors (Lipinski definition) is 4. The van der Waals surface area contributed by atoms with E-state index in [9.17, 15) is 0 Å². The molecule has 0 aliphatic carbocycles. The van der Waals surface area contributed by atoms with Crippen molar-refractivity contribution in [1.82, 2.24) is 10.2 Å². The van der Waals surface area contributed by atoms with Crippen molar-refractivity contribution in [3.8, 4) is 22.8 Å². The molecule has 0 saturated carbocycles. The molecule has 0 radical (unpaired) electrons. The average Bonchev–Trinajstić information content (AvgIpc) is 2.85. The Balaban J connectivity index is 2.12. The molecule has 5 nitrogen and oxygen atoms in total.